The van der Waals surface area contributed by atoms with E-state index in [0.717, 1.165) is 32.1 Å². The number of aryl methyl sites for hydroxylation is 1. The van der Waals surface area contributed by atoms with Gasteiger partial charge in [0.2, 0.25) is 0 Å². The number of aromatic hydroxyl groups is 1. The molecule has 6 heteroatoms. The number of carboxylic acids is 1. The average Bonchev–Trinajstić information content (AvgIpc) is 2.66. The average molecular weight is 444 g/mol. The molecule has 1 heterocycles. The Hall–Kier alpha value is -2.50. The highest BCUT2D eigenvalue weighted by atomic mass is 16.5. The first kappa shape index (κ1) is 24.1. The molecule has 0 saturated heterocycles. The molecule has 3 N–H and O–H groups in total. The Morgan fingerprint density at radius 3 is 2.59 bits per heavy atom. The zero-order chi connectivity index (χ0) is 23.8. The second kappa shape index (κ2) is 8.80. The van der Waals surface area contributed by atoms with Gasteiger partial charge in [0.25, 0.3) is 5.91 Å². The first-order chi connectivity index (χ1) is 14.9. The van der Waals surface area contributed by atoms with Gasteiger partial charge in [-0.25, -0.2) is 4.79 Å². The zero-order valence-electron chi connectivity index (χ0n) is 20.2. The lowest BCUT2D eigenvalue weighted by molar-refractivity contribution is -0.143. The Kier molecular flexibility index (Phi) is 6.64. The van der Waals surface area contributed by atoms with Gasteiger partial charge in [-0.3, -0.25) is 4.79 Å². The summed E-state index contributed by atoms with van der Waals surface area (Å²) in [6.45, 7) is 11.3. The molecule has 1 aliphatic heterocycles. The van der Waals surface area contributed by atoms with Crippen molar-refractivity contribution in [1.82, 2.24) is 5.32 Å². The minimum Gasteiger partial charge on any atom is -0.507 e. The summed E-state index contributed by atoms with van der Waals surface area (Å²) in [6, 6.07) is 1.89. The van der Waals surface area contributed by atoms with Gasteiger partial charge in [-0.05, 0) is 71.9 Å². The van der Waals surface area contributed by atoms with E-state index < -0.39 is 23.0 Å². The fourth-order valence-electron chi connectivity index (χ4n) is 5.03. The molecule has 2 unspecified atom stereocenters. The number of allylic oxidation sites excluding steroid dienone is 2. The molecule has 32 heavy (non-hydrogen) atoms. The topological polar surface area (TPSA) is 95.9 Å². The quantitative estimate of drug-likeness (QED) is 0.391. The Morgan fingerprint density at radius 1 is 1.28 bits per heavy atom. The highest BCUT2D eigenvalue weighted by molar-refractivity contribution is 6.01. The number of rotatable bonds is 7. The summed E-state index contributed by atoms with van der Waals surface area (Å²) in [5, 5.41) is 23.5. The zero-order valence-corrected chi connectivity index (χ0v) is 20.2. The van der Waals surface area contributed by atoms with Gasteiger partial charge < -0.3 is 20.3 Å². The second-order valence-corrected chi connectivity index (χ2v) is 10.4. The normalized spacial score (nSPS) is 21.6. The van der Waals surface area contributed by atoms with E-state index in [9.17, 15) is 19.8 Å². The van der Waals surface area contributed by atoms with Crippen LogP contribution in [0.4, 0.5) is 0 Å². The van der Waals surface area contributed by atoms with Crippen LogP contribution in [0.1, 0.15) is 101 Å². The highest BCUT2D eigenvalue weighted by Gasteiger charge is 2.46. The van der Waals surface area contributed by atoms with Crippen LogP contribution >= 0.6 is 0 Å². The molecule has 0 aromatic heterocycles. The van der Waals surface area contributed by atoms with E-state index in [1.54, 1.807) is 0 Å². The van der Waals surface area contributed by atoms with E-state index in [1.165, 1.54) is 19.4 Å². The Morgan fingerprint density at radius 2 is 1.97 bits per heavy atom. The fraction of sp³-hybridized carbons (Fsp3) is 0.615. The van der Waals surface area contributed by atoms with E-state index in [0.29, 0.717) is 23.3 Å². The maximum Gasteiger partial charge on any atom is 0.328 e. The van der Waals surface area contributed by atoms with Gasteiger partial charge in [0, 0.05) is 17.4 Å². The molecule has 0 radical (unpaired) electrons. The third-order valence-electron chi connectivity index (χ3n) is 6.97. The molecule has 176 valence electrons. The molecule has 1 amide bonds. The van der Waals surface area contributed by atoms with E-state index >= 15 is 0 Å². The number of aliphatic carboxylic acids is 1. The molecule has 3 rings (SSSR count). The number of nitrogens with one attached hydrogen (secondary N) is 1. The maximum absolute atomic E-state index is 13.3. The van der Waals surface area contributed by atoms with Crippen molar-refractivity contribution in [3.05, 3.63) is 34.4 Å². The number of phenols is 1. The summed E-state index contributed by atoms with van der Waals surface area (Å²) in [5.74, 6) is -1.02. The van der Waals surface area contributed by atoms with Crippen LogP contribution in [-0.4, -0.2) is 33.2 Å². The van der Waals surface area contributed by atoms with Gasteiger partial charge in [0.15, 0.2) is 0 Å². The molecule has 2 aliphatic rings. The van der Waals surface area contributed by atoms with Gasteiger partial charge >= 0.3 is 5.97 Å². The second-order valence-electron chi connectivity index (χ2n) is 10.4. The standard InChI is InChI=1S/C26H37NO5/c1-7-8-9-10-16-14-19-21(17-13-15(2)11-12-18(17)26(5,6)32-19)22(28)20(16)23(29)27-25(3,4)24(30)31/h13-14,17-18,28H,7-12H2,1-6H3,(H,27,29)(H,30,31). The molecule has 0 fully saturated rings. The minimum atomic E-state index is -1.46. The predicted octanol–water partition coefficient (Wildman–Crippen LogP) is 5.33. The van der Waals surface area contributed by atoms with Crippen molar-refractivity contribution in [2.24, 2.45) is 5.92 Å². The Balaban J connectivity index is 2.16. The number of fused-ring (bicyclic) bond motifs is 3. The van der Waals surface area contributed by atoms with E-state index in [2.05, 4.69) is 39.1 Å². The van der Waals surface area contributed by atoms with Crippen molar-refractivity contribution in [3.8, 4) is 11.5 Å². The van der Waals surface area contributed by atoms with Crippen molar-refractivity contribution in [3.63, 3.8) is 0 Å². The number of hydrogen-bond donors (Lipinski definition) is 3. The molecular formula is C26H37NO5. The number of benzene rings is 1. The van der Waals surface area contributed by atoms with Gasteiger partial charge in [-0.1, -0.05) is 31.4 Å². The number of amides is 1. The summed E-state index contributed by atoms with van der Waals surface area (Å²) >= 11 is 0. The molecule has 6 nitrogen and oxygen atoms in total. The van der Waals surface area contributed by atoms with Crippen LogP contribution in [0, 0.1) is 5.92 Å². The summed E-state index contributed by atoms with van der Waals surface area (Å²) in [4.78, 5) is 24.9. The van der Waals surface area contributed by atoms with E-state index in [1.807, 2.05) is 6.07 Å². The summed E-state index contributed by atoms with van der Waals surface area (Å²) < 4.78 is 6.41. The maximum atomic E-state index is 13.3. The highest BCUT2D eigenvalue weighted by Crippen LogP contribution is 2.54. The third-order valence-corrected chi connectivity index (χ3v) is 6.97. The number of carboxylic acid groups (broad SMARTS) is 1. The summed E-state index contributed by atoms with van der Waals surface area (Å²) in [5.41, 5.74) is 0.928. The number of carbonyl (C=O) groups is 2. The van der Waals surface area contributed by atoms with Crippen LogP contribution < -0.4 is 10.1 Å². The molecule has 1 aromatic carbocycles. The van der Waals surface area contributed by atoms with Crippen LogP contribution in [0.5, 0.6) is 11.5 Å². The molecule has 2 atom stereocenters. The van der Waals surface area contributed by atoms with Crippen LogP contribution in [0.25, 0.3) is 0 Å². The lowest BCUT2D eigenvalue weighted by atomic mass is 9.67. The first-order valence-corrected chi connectivity index (χ1v) is 11.7. The lowest BCUT2D eigenvalue weighted by Crippen LogP contribution is -2.50. The van der Waals surface area contributed by atoms with Crippen LogP contribution in [0.15, 0.2) is 17.7 Å². The van der Waals surface area contributed by atoms with Gasteiger partial charge in [0.05, 0.1) is 5.56 Å². The van der Waals surface area contributed by atoms with Gasteiger partial charge in [-0.15, -0.1) is 0 Å². The van der Waals surface area contributed by atoms with Crippen molar-refractivity contribution in [2.75, 3.05) is 0 Å². The molecule has 0 bridgehead atoms. The number of hydrogen-bond acceptors (Lipinski definition) is 4. The number of carbonyl (C=O) groups excluding carboxylic acids is 1. The minimum absolute atomic E-state index is 0.0498. The van der Waals surface area contributed by atoms with E-state index in [-0.39, 0.29) is 23.1 Å². The number of ether oxygens (including phenoxy) is 1. The molecule has 0 saturated carbocycles. The number of phenolic OH excluding ortho intramolecular Hbond substituents is 1. The summed E-state index contributed by atoms with van der Waals surface area (Å²) in [7, 11) is 0. The predicted molar refractivity (Wildman–Crippen MR) is 124 cm³/mol. The largest absolute Gasteiger partial charge is 0.507 e. The Labute approximate surface area is 191 Å². The van der Waals surface area contributed by atoms with E-state index in [4.69, 9.17) is 4.74 Å². The SMILES string of the molecule is CCCCCc1cc2c(c(O)c1C(=O)NC(C)(C)C(=O)O)C1C=C(C)CCC1C(C)(C)O2. The van der Waals surface area contributed by atoms with Crippen molar-refractivity contribution in [1.29, 1.82) is 0 Å². The van der Waals surface area contributed by atoms with Crippen molar-refractivity contribution >= 4 is 11.9 Å². The van der Waals surface area contributed by atoms with Crippen molar-refractivity contribution in [2.45, 2.75) is 97.1 Å². The van der Waals surface area contributed by atoms with Crippen molar-refractivity contribution < 1.29 is 24.5 Å². The lowest BCUT2D eigenvalue weighted by Gasteiger charge is -2.46. The van der Waals surface area contributed by atoms with Gasteiger partial charge in [-0.2, -0.15) is 0 Å². The van der Waals surface area contributed by atoms with Gasteiger partial charge in [0.1, 0.15) is 22.6 Å². The number of unbranched alkanes of at least 4 members (excludes halogenated alkanes) is 2. The molecule has 1 aromatic rings. The Bertz CT molecular complexity index is 944. The fourth-order valence-corrected chi connectivity index (χ4v) is 5.03. The first-order valence-electron chi connectivity index (χ1n) is 11.7. The smallest absolute Gasteiger partial charge is 0.328 e. The van der Waals surface area contributed by atoms with Crippen LogP contribution in [0.2, 0.25) is 0 Å². The molecule has 0 spiro atoms. The summed E-state index contributed by atoms with van der Waals surface area (Å²) in [6.07, 6.45) is 7.63. The third kappa shape index (κ3) is 4.50. The molecular weight excluding hydrogens is 406 g/mol. The van der Waals surface area contributed by atoms with Crippen LogP contribution in [-0.2, 0) is 11.2 Å². The van der Waals surface area contributed by atoms with Crippen LogP contribution in [0.3, 0.4) is 0 Å². The molecule has 1 aliphatic carbocycles. The monoisotopic (exact) mass is 443 g/mol.